The maximum Gasteiger partial charge on any atom is 0.308 e. The van der Waals surface area contributed by atoms with Crippen molar-refractivity contribution >= 4 is 11.9 Å². The van der Waals surface area contributed by atoms with Crippen molar-refractivity contribution < 1.29 is 14.7 Å². The fourth-order valence-corrected chi connectivity index (χ4v) is 3.35. The predicted octanol–water partition coefficient (Wildman–Crippen LogP) is -0.0475. The lowest BCUT2D eigenvalue weighted by Gasteiger charge is -2.29. The van der Waals surface area contributed by atoms with Crippen molar-refractivity contribution in [3.05, 3.63) is 0 Å². The van der Waals surface area contributed by atoms with Crippen LogP contribution in [0.3, 0.4) is 0 Å². The van der Waals surface area contributed by atoms with E-state index in [4.69, 9.17) is 12.2 Å². The van der Waals surface area contributed by atoms with Gasteiger partial charge in [0.1, 0.15) is 0 Å². The third-order valence-electron chi connectivity index (χ3n) is 4.18. The second kappa shape index (κ2) is 4.99. The third kappa shape index (κ3) is 2.21. The zero-order valence-electron chi connectivity index (χ0n) is 10.1. The van der Waals surface area contributed by atoms with E-state index >= 15 is 0 Å². The Balaban J connectivity index is 2.02. The monoisotopic (exact) mass is 250 g/mol. The van der Waals surface area contributed by atoms with E-state index in [0.29, 0.717) is 0 Å². The first-order chi connectivity index (χ1) is 8.54. The number of carboxylic acid groups (broad SMARTS) is 1. The Hall–Kier alpha value is -1.54. The summed E-state index contributed by atoms with van der Waals surface area (Å²) in [5.41, 5.74) is 5.62. The van der Waals surface area contributed by atoms with Crippen molar-refractivity contribution in [3.8, 4) is 12.3 Å². The van der Waals surface area contributed by atoms with Crippen molar-refractivity contribution in [2.75, 3.05) is 0 Å². The van der Waals surface area contributed by atoms with Crippen molar-refractivity contribution in [2.24, 2.45) is 23.5 Å². The molecule has 98 valence electrons. The number of nitrogens with one attached hydrogen (secondary N) is 1. The number of nitrogens with two attached hydrogens (primary N) is 1. The summed E-state index contributed by atoms with van der Waals surface area (Å²) in [6.45, 7) is 0. The Kier molecular flexibility index (Phi) is 3.58. The van der Waals surface area contributed by atoms with Gasteiger partial charge in [-0.2, -0.15) is 0 Å². The summed E-state index contributed by atoms with van der Waals surface area (Å²) >= 11 is 0. The number of carbonyl (C=O) groups is 2. The lowest BCUT2D eigenvalue weighted by Crippen LogP contribution is -2.51. The molecule has 5 nitrogen and oxygen atoms in total. The molecule has 5 heteroatoms. The van der Waals surface area contributed by atoms with Crippen LogP contribution in [0.4, 0.5) is 0 Å². The van der Waals surface area contributed by atoms with Crippen molar-refractivity contribution in [3.63, 3.8) is 0 Å². The average molecular weight is 250 g/mol. The van der Waals surface area contributed by atoms with E-state index in [9.17, 15) is 14.7 Å². The Morgan fingerprint density at radius 1 is 1.44 bits per heavy atom. The fourth-order valence-electron chi connectivity index (χ4n) is 3.35. The molecule has 2 aliphatic rings. The van der Waals surface area contributed by atoms with Gasteiger partial charge in [0, 0.05) is 12.5 Å². The van der Waals surface area contributed by atoms with Gasteiger partial charge in [-0.15, -0.1) is 12.3 Å². The van der Waals surface area contributed by atoms with Gasteiger partial charge in [-0.25, -0.2) is 0 Å². The highest BCUT2D eigenvalue weighted by molar-refractivity contribution is 5.83. The Labute approximate surface area is 106 Å². The van der Waals surface area contributed by atoms with Crippen molar-refractivity contribution in [1.82, 2.24) is 5.32 Å². The van der Waals surface area contributed by atoms with Gasteiger partial charge in [0.05, 0.1) is 12.0 Å². The van der Waals surface area contributed by atoms with Gasteiger partial charge in [0.15, 0.2) is 0 Å². The molecule has 0 aromatic carbocycles. The highest BCUT2D eigenvalue weighted by Crippen LogP contribution is 2.48. The maximum absolute atomic E-state index is 11.8. The summed E-state index contributed by atoms with van der Waals surface area (Å²) in [6, 6.07) is -1.03. The average Bonchev–Trinajstić information content (AvgIpc) is 2.89. The highest BCUT2D eigenvalue weighted by Gasteiger charge is 2.51. The molecule has 0 aromatic rings. The zero-order valence-corrected chi connectivity index (χ0v) is 10.1. The number of rotatable bonds is 4. The van der Waals surface area contributed by atoms with E-state index in [2.05, 4.69) is 11.2 Å². The molecule has 0 aliphatic heterocycles. The second-order valence-electron chi connectivity index (χ2n) is 5.25. The SMILES string of the molecule is C#CCC(N)C(=O)NC1C2CCC(C2)C1C(=O)O. The number of aliphatic carboxylic acids is 1. The largest absolute Gasteiger partial charge is 0.481 e. The minimum Gasteiger partial charge on any atom is -0.481 e. The summed E-state index contributed by atoms with van der Waals surface area (Å²) < 4.78 is 0. The smallest absolute Gasteiger partial charge is 0.308 e. The first-order valence-corrected chi connectivity index (χ1v) is 6.26. The van der Waals surface area contributed by atoms with Crippen LogP contribution in [0.5, 0.6) is 0 Å². The summed E-state index contributed by atoms with van der Waals surface area (Å²) in [5, 5.41) is 12.0. The molecule has 0 heterocycles. The molecule has 0 radical (unpaired) electrons. The molecule has 0 saturated heterocycles. The topological polar surface area (TPSA) is 92.4 Å². The molecule has 18 heavy (non-hydrogen) atoms. The van der Waals surface area contributed by atoms with Crippen LogP contribution in [0.25, 0.3) is 0 Å². The minimum absolute atomic E-state index is 0.171. The van der Waals surface area contributed by atoms with Gasteiger partial charge in [-0.1, -0.05) is 0 Å². The predicted molar refractivity (Wildman–Crippen MR) is 65.3 cm³/mol. The van der Waals surface area contributed by atoms with Crippen molar-refractivity contribution in [1.29, 1.82) is 0 Å². The molecule has 1 amide bonds. The van der Waals surface area contributed by atoms with Crippen LogP contribution < -0.4 is 11.1 Å². The lowest BCUT2D eigenvalue weighted by molar-refractivity contribution is -0.144. The van der Waals surface area contributed by atoms with Crippen LogP contribution in [0.15, 0.2) is 0 Å². The van der Waals surface area contributed by atoms with Gasteiger partial charge < -0.3 is 16.2 Å². The van der Waals surface area contributed by atoms with Crippen LogP contribution in [0.1, 0.15) is 25.7 Å². The van der Waals surface area contributed by atoms with Crippen LogP contribution in [-0.2, 0) is 9.59 Å². The Bertz CT molecular complexity index is 402. The number of hydrogen-bond acceptors (Lipinski definition) is 3. The van der Waals surface area contributed by atoms with Gasteiger partial charge in [-0.3, -0.25) is 9.59 Å². The molecule has 0 aromatic heterocycles. The number of carbonyl (C=O) groups excluding carboxylic acids is 1. The molecule has 2 fully saturated rings. The molecule has 0 spiro atoms. The molecule has 2 rings (SSSR count). The summed E-state index contributed by atoms with van der Waals surface area (Å²) in [6.07, 6.45) is 8.11. The molecule has 2 aliphatic carbocycles. The standard InChI is InChI=1S/C13H18N2O3/c1-2-3-9(14)12(16)15-11-8-5-4-7(6-8)10(11)13(17)18/h1,7-11H,3-6,14H2,(H,15,16)(H,17,18). The van der Waals surface area contributed by atoms with E-state index in [1.54, 1.807) is 0 Å². The first kappa shape index (κ1) is 12.9. The quantitative estimate of drug-likeness (QED) is 0.610. The van der Waals surface area contributed by atoms with Gasteiger partial charge in [0.25, 0.3) is 0 Å². The minimum atomic E-state index is -0.821. The van der Waals surface area contributed by atoms with Gasteiger partial charge >= 0.3 is 5.97 Å². The number of hydrogen-bond donors (Lipinski definition) is 3. The molecule has 4 N–H and O–H groups in total. The molecule has 5 unspecified atom stereocenters. The zero-order chi connectivity index (χ0) is 13.3. The van der Waals surface area contributed by atoms with Crippen LogP contribution in [0, 0.1) is 30.1 Å². The molecular weight excluding hydrogens is 232 g/mol. The molecular formula is C13H18N2O3. The van der Waals surface area contributed by atoms with E-state index in [-0.39, 0.29) is 30.2 Å². The Morgan fingerprint density at radius 2 is 2.11 bits per heavy atom. The normalized spacial score (nSPS) is 34.9. The number of carboxylic acids is 1. The summed E-state index contributed by atoms with van der Waals surface area (Å²) in [4.78, 5) is 23.1. The summed E-state index contributed by atoms with van der Waals surface area (Å²) in [7, 11) is 0. The first-order valence-electron chi connectivity index (χ1n) is 6.26. The van der Waals surface area contributed by atoms with Gasteiger partial charge in [-0.05, 0) is 31.1 Å². The summed E-state index contributed by atoms with van der Waals surface area (Å²) in [5.74, 6) is 1.19. The molecule has 5 atom stereocenters. The van der Waals surface area contributed by atoms with Crippen LogP contribution in [-0.4, -0.2) is 29.1 Å². The third-order valence-corrected chi connectivity index (χ3v) is 4.18. The fraction of sp³-hybridized carbons (Fsp3) is 0.692. The lowest BCUT2D eigenvalue weighted by atomic mass is 9.84. The van der Waals surface area contributed by atoms with E-state index in [0.717, 1.165) is 19.3 Å². The van der Waals surface area contributed by atoms with Crippen molar-refractivity contribution in [2.45, 2.75) is 37.8 Å². The number of amides is 1. The number of terminal acetylenes is 1. The van der Waals surface area contributed by atoms with E-state index in [1.165, 1.54) is 0 Å². The van der Waals surface area contributed by atoms with E-state index < -0.39 is 17.9 Å². The Morgan fingerprint density at radius 3 is 2.72 bits per heavy atom. The second-order valence-corrected chi connectivity index (χ2v) is 5.25. The number of fused-ring (bicyclic) bond motifs is 2. The molecule has 2 bridgehead atoms. The van der Waals surface area contributed by atoms with Crippen LogP contribution >= 0.6 is 0 Å². The molecule has 2 saturated carbocycles. The van der Waals surface area contributed by atoms with E-state index in [1.807, 2.05) is 0 Å². The highest BCUT2D eigenvalue weighted by atomic mass is 16.4. The van der Waals surface area contributed by atoms with Gasteiger partial charge in [0.2, 0.25) is 5.91 Å². The van der Waals surface area contributed by atoms with Crippen LogP contribution in [0.2, 0.25) is 0 Å². The maximum atomic E-state index is 11.8.